The summed E-state index contributed by atoms with van der Waals surface area (Å²) in [5.41, 5.74) is 0. The van der Waals surface area contributed by atoms with Crippen LogP contribution in [0.4, 0.5) is 0 Å². The van der Waals surface area contributed by atoms with Crippen molar-refractivity contribution in [2.45, 2.75) is 380 Å². The molecule has 0 aromatic rings. The van der Waals surface area contributed by atoms with Gasteiger partial charge < -0.3 is 14.2 Å². The molecule has 0 amide bonds. The average Bonchev–Trinajstić information content (AvgIpc) is 3.40. The monoisotopic (exact) mass is 1040 g/mol. The van der Waals surface area contributed by atoms with Gasteiger partial charge in [0.15, 0.2) is 6.10 Å². The lowest BCUT2D eigenvalue weighted by Gasteiger charge is -2.18. The second kappa shape index (κ2) is 63.4. The lowest BCUT2D eigenvalue weighted by Crippen LogP contribution is -2.30. The van der Waals surface area contributed by atoms with Gasteiger partial charge in [-0.3, -0.25) is 14.4 Å². The molecule has 0 aromatic heterocycles. The maximum Gasteiger partial charge on any atom is 0.306 e. The summed E-state index contributed by atoms with van der Waals surface area (Å²) < 4.78 is 17.0. The zero-order valence-electron chi connectivity index (χ0n) is 50.1. The quantitative estimate of drug-likeness (QED) is 0.0261. The van der Waals surface area contributed by atoms with E-state index in [1.165, 1.54) is 276 Å². The molecule has 0 aliphatic heterocycles. The Bertz CT molecular complexity index is 1190. The predicted octanol–water partition coefficient (Wildman–Crippen LogP) is 22.6. The largest absolute Gasteiger partial charge is 0.462 e. The van der Waals surface area contributed by atoms with E-state index >= 15 is 0 Å². The molecule has 6 nitrogen and oxygen atoms in total. The number of allylic oxidation sites excluding steroid dienone is 4. The molecular formula is C68H128O6. The summed E-state index contributed by atoms with van der Waals surface area (Å²) in [7, 11) is 0. The van der Waals surface area contributed by atoms with Crippen LogP contribution in [0.15, 0.2) is 24.3 Å². The summed E-state index contributed by atoms with van der Waals surface area (Å²) in [6, 6.07) is 0. The third-order valence-electron chi connectivity index (χ3n) is 15.2. The van der Waals surface area contributed by atoms with Crippen molar-refractivity contribution < 1.29 is 28.6 Å². The van der Waals surface area contributed by atoms with Gasteiger partial charge in [-0.1, -0.05) is 308 Å². The molecule has 74 heavy (non-hydrogen) atoms. The topological polar surface area (TPSA) is 78.9 Å². The molecule has 0 heterocycles. The number of hydrogen-bond acceptors (Lipinski definition) is 6. The van der Waals surface area contributed by atoms with Crippen molar-refractivity contribution in [2.75, 3.05) is 13.2 Å². The summed E-state index contributed by atoms with van der Waals surface area (Å²) in [6.07, 6.45) is 76.1. The fourth-order valence-electron chi connectivity index (χ4n) is 10.1. The Morgan fingerprint density at radius 2 is 0.446 bits per heavy atom. The van der Waals surface area contributed by atoms with Crippen LogP contribution < -0.4 is 0 Å². The molecular weight excluding hydrogens is 913 g/mol. The summed E-state index contributed by atoms with van der Waals surface area (Å²) in [6.45, 7) is 6.71. The Labute approximate surface area is 462 Å². The first kappa shape index (κ1) is 71.9. The molecule has 0 unspecified atom stereocenters. The number of unbranched alkanes of at least 4 members (excludes halogenated alkanes) is 47. The maximum absolute atomic E-state index is 12.9. The summed E-state index contributed by atoms with van der Waals surface area (Å²) in [4.78, 5) is 38.4. The molecule has 0 rings (SSSR count). The van der Waals surface area contributed by atoms with Crippen LogP contribution in [0.25, 0.3) is 0 Å². The van der Waals surface area contributed by atoms with Crippen molar-refractivity contribution in [1.29, 1.82) is 0 Å². The molecule has 0 N–H and O–H groups in total. The Balaban J connectivity index is 4.32. The van der Waals surface area contributed by atoms with Gasteiger partial charge in [-0.25, -0.2) is 0 Å². The highest BCUT2D eigenvalue weighted by molar-refractivity contribution is 5.71. The molecule has 6 heteroatoms. The van der Waals surface area contributed by atoms with Crippen molar-refractivity contribution in [3.05, 3.63) is 24.3 Å². The van der Waals surface area contributed by atoms with Gasteiger partial charge in [-0.05, 0) is 70.6 Å². The normalized spacial score (nSPS) is 12.1. The van der Waals surface area contributed by atoms with Gasteiger partial charge in [0, 0.05) is 19.3 Å². The van der Waals surface area contributed by atoms with Gasteiger partial charge in [0.2, 0.25) is 0 Å². The van der Waals surface area contributed by atoms with E-state index in [0.717, 1.165) is 57.8 Å². The SMILES string of the molecule is CCCCCCCC/C=C\CCCCCCCCCCCC(=O)OC[C@@H](COC(=O)CCCCCCCCCCCCCCCCCCCC)OC(=O)CCCCCCCCCCC/C=C\CCCCCCCC. The van der Waals surface area contributed by atoms with Gasteiger partial charge in [0.05, 0.1) is 0 Å². The van der Waals surface area contributed by atoms with Crippen molar-refractivity contribution >= 4 is 17.9 Å². The van der Waals surface area contributed by atoms with Gasteiger partial charge in [0.25, 0.3) is 0 Å². The fourth-order valence-corrected chi connectivity index (χ4v) is 10.1. The van der Waals surface area contributed by atoms with Gasteiger partial charge in [-0.15, -0.1) is 0 Å². The van der Waals surface area contributed by atoms with E-state index in [1.54, 1.807) is 0 Å². The van der Waals surface area contributed by atoms with E-state index < -0.39 is 6.10 Å². The Morgan fingerprint density at radius 3 is 0.676 bits per heavy atom. The molecule has 0 aliphatic carbocycles. The average molecular weight is 1040 g/mol. The van der Waals surface area contributed by atoms with E-state index in [4.69, 9.17) is 14.2 Å². The van der Waals surface area contributed by atoms with Gasteiger partial charge in [0.1, 0.15) is 13.2 Å². The van der Waals surface area contributed by atoms with Crippen molar-refractivity contribution in [3.8, 4) is 0 Å². The first-order valence-corrected chi connectivity index (χ1v) is 33.3. The number of esters is 3. The fraction of sp³-hybridized carbons (Fsp3) is 0.897. The van der Waals surface area contributed by atoms with E-state index in [0.29, 0.717) is 19.3 Å². The lowest BCUT2D eigenvalue weighted by atomic mass is 10.0. The van der Waals surface area contributed by atoms with E-state index in [-0.39, 0.29) is 31.1 Å². The van der Waals surface area contributed by atoms with E-state index in [2.05, 4.69) is 45.1 Å². The van der Waals surface area contributed by atoms with Crippen LogP contribution in [0, 0.1) is 0 Å². The second-order valence-corrected chi connectivity index (χ2v) is 22.7. The zero-order chi connectivity index (χ0) is 53.6. The molecule has 0 aliphatic rings. The first-order chi connectivity index (χ1) is 36.5. The summed E-state index contributed by atoms with van der Waals surface area (Å²) in [5, 5.41) is 0. The first-order valence-electron chi connectivity index (χ1n) is 33.3. The van der Waals surface area contributed by atoms with E-state index in [9.17, 15) is 14.4 Å². The minimum Gasteiger partial charge on any atom is -0.462 e. The molecule has 0 saturated carbocycles. The third-order valence-corrected chi connectivity index (χ3v) is 15.2. The van der Waals surface area contributed by atoms with Crippen LogP contribution in [-0.2, 0) is 28.6 Å². The molecule has 1 atom stereocenters. The summed E-state index contributed by atoms with van der Waals surface area (Å²) in [5.74, 6) is -0.842. The molecule has 0 spiro atoms. The van der Waals surface area contributed by atoms with Crippen LogP contribution in [0.3, 0.4) is 0 Å². The number of hydrogen-bond donors (Lipinski definition) is 0. The molecule has 0 bridgehead atoms. The minimum atomic E-state index is -0.771. The van der Waals surface area contributed by atoms with Crippen LogP contribution in [-0.4, -0.2) is 37.2 Å². The highest BCUT2D eigenvalue weighted by atomic mass is 16.6. The Morgan fingerprint density at radius 1 is 0.257 bits per heavy atom. The van der Waals surface area contributed by atoms with Crippen LogP contribution in [0.2, 0.25) is 0 Å². The van der Waals surface area contributed by atoms with Crippen LogP contribution in [0.1, 0.15) is 374 Å². The molecule has 436 valence electrons. The zero-order valence-corrected chi connectivity index (χ0v) is 50.1. The van der Waals surface area contributed by atoms with Gasteiger partial charge in [-0.2, -0.15) is 0 Å². The number of carbonyl (C=O) groups excluding carboxylic acids is 3. The maximum atomic E-state index is 12.9. The third kappa shape index (κ3) is 60.8. The van der Waals surface area contributed by atoms with Crippen LogP contribution >= 0.6 is 0 Å². The second-order valence-electron chi connectivity index (χ2n) is 22.7. The van der Waals surface area contributed by atoms with Crippen molar-refractivity contribution in [2.24, 2.45) is 0 Å². The summed E-state index contributed by atoms with van der Waals surface area (Å²) >= 11 is 0. The predicted molar refractivity (Wildman–Crippen MR) is 321 cm³/mol. The minimum absolute atomic E-state index is 0.0671. The number of rotatable bonds is 62. The number of ether oxygens (including phenoxy) is 3. The van der Waals surface area contributed by atoms with Gasteiger partial charge >= 0.3 is 17.9 Å². The molecule has 0 fully saturated rings. The number of carbonyl (C=O) groups is 3. The van der Waals surface area contributed by atoms with Crippen molar-refractivity contribution in [3.63, 3.8) is 0 Å². The molecule has 0 radical (unpaired) electrons. The van der Waals surface area contributed by atoms with Crippen LogP contribution in [0.5, 0.6) is 0 Å². The smallest absolute Gasteiger partial charge is 0.306 e. The lowest BCUT2D eigenvalue weighted by molar-refractivity contribution is -0.167. The molecule has 0 saturated heterocycles. The Hall–Kier alpha value is -2.11. The highest BCUT2D eigenvalue weighted by Gasteiger charge is 2.19. The van der Waals surface area contributed by atoms with Crippen molar-refractivity contribution in [1.82, 2.24) is 0 Å². The highest BCUT2D eigenvalue weighted by Crippen LogP contribution is 2.18. The standard InChI is InChI=1S/C68H128O6/c1-4-7-10-13-16-19-22-25-28-31-34-37-40-43-46-49-52-55-58-61-67(70)73-64-65(63-72-66(69)60-57-54-51-48-45-42-39-36-33-30-27-24-21-18-15-12-9-6-3)74-68(71)62-59-56-53-50-47-44-41-38-35-32-29-26-23-20-17-14-11-8-5-2/h25-26,28-29,65H,4-24,27,30-64H2,1-3H3/b28-25-,29-26-/t65-/m1/s1. The Kier molecular flexibility index (Phi) is 61.6. The molecule has 0 aromatic carbocycles. The van der Waals surface area contributed by atoms with E-state index in [1.807, 2.05) is 0 Å².